The average molecular weight is 339 g/mol. The number of aromatic carboxylic acids is 1. The van der Waals surface area contributed by atoms with Gasteiger partial charge in [0, 0.05) is 0 Å². The fourth-order valence-corrected chi connectivity index (χ4v) is 1.84. The predicted octanol–water partition coefficient (Wildman–Crippen LogP) is 2.46. The molecule has 0 aliphatic heterocycles. The summed E-state index contributed by atoms with van der Waals surface area (Å²) in [4.78, 5) is 10.7. The Bertz CT molecular complexity index is 471. The molecule has 1 aromatic carbocycles. The van der Waals surface area contributed by atoms with Gasteiger partial charge in [-0.2, -0.15) is 14.0 Å². The standard InChI is InChI=1S/C9H4F2INO3/c10-9(11)16-7-4(3-13)1-2-5(6(7)12)8(14)15/h1-2,9H,(H,14,15). The lowest BCUT2D eigenvalue weighted by Crippen LogP contribution is -2.08. The molecule has 84 valence electrons. The van der Waals surface area contributed by atoms with E-state index in [0.717, 1.165) is 6.07 Å². The summed E-state index contributed by atoms with van der Waals surface area (Å²) in [6.07, 6.45) is 0. The number of benzene rings is 1. The monoisotopic (exact) mass is 339 g/mol. The second kappa shape index (κ2) is 5.07. The summed E-state index contributed by atoms with van der Waals surface area (Å²) >= 11 is 1.55. The zero-order valence-electron chi connectivity index (χ0n) is 7.58. The van der Waals surface area contributed by atoms with E-state index in [0.29, 0.717) is 0 Å². The highest BCUT2D eigenvalue weighted by Gasteiger charge is 2.19. The molecule has 0 saturated carbocycles. The molecular formula is C9H4F2INO3. The second-order valence-corrected chi connectivity index (χ2v) is 3.68. The Labute approximate surface area is 103 Å². The van der Waals surface area contributed by atoms with Gasteiger partial charge in [-0.15, -0.1) is 0 Å². The molecule has 1 rings (SSSR count). The van der Waals surface area contributed by atoms with Crippen LogP contribution in [0.15, 0.2) is 12.1 Å². The van der Waals surface area contributed by atoms with E-state index in [1.807, 2.05) is 0 Å². The van der Waals surface area contributed by atoms with E-state index in [1.54, 1.807) is 28.7 Å². The van der Waals surface area contributed by atoms with Gasteiger partial charge in [0.1, 0.15) is 6.07 Å². The Morgan fingerprint density at radius 1 is 1.56 bits per heavy atom. The van der Waals surface area contributed by atoms with Crippen molar-refractivity contribution in [1.82, 2.24) is 0 Å². The maximum atomic E-state index is 12.1. The van der Waals surface area contributed by atoms with E-state index >= 15 is 0 Å². The highest BCUT2D eigenvalue weighted by Crippen LogP contribution is 2.30. The number of rotatable bonds is 3. The Balaban J connectivity index is 3.36. The molecule has 0 radical (unpaired) electrons. The van der Waals surface area contributed by atoms with Gasteiger partial charge in [-0.1, -0.05) is 0 Å². The van der Waals surface area contributed by atoms with Gasteiger partial charge < -0.3 is 9.84 Å². The highest BCUT2D eigenvalue weighted by atomic mass is 127. The van der Waals surface area contributed by atoms with Crippen molar-refractivity contribution < 1.29 is 23.4 Å². The van der Waals surface area contributed by atoms with Crippen molar-refractivity contribution in [3.63, 3.8) is 0 Å². The maximum absolute atomic E-state index is 12.1. The van der Waals surface area contributed by atoms with Crippen LogP contribution in [0.25, 0.3) is 0 Å². The van der Waals surface area contributed by atoms with Gasteiger partial charge >= 0.3 is 12.6 Å². The van der Waals surface area contributed by atoms with Crippen LogP contribution in [0.5, 0.6) is 5.75 Å². The molecule has 0 aliphatic rings. The molecule has 0 aromatic heterocycles. The Hall–Kier alpha value is -1.43. The van der Waals surface area contributed by atoms with E-state index in [1.165, 1.54) is 6.07 Å². The lowest BCUT2D eigenvalue weighted by atomic mass is 10.1. The number of alkyl halides is 2. The number of carboxylic acid groups (broad SMARTS) is 1. The molecule has 1 aromatic rings. The number of nitriles is 1. The minimum atomic E-state index is -3.11. The van der Waals surface area contributed by atoms with Crippen molar-refractivity contribution in [1.29, 1.82) is 5.26 Å². The Kier molecular flexibility index (Phi) is 4.00. The van der Waals surface area contributed by atoms with Crippen LogP contribution in [0.3, 0.4) is 0 Å². The van der Waals surface area contributed by atoms with Crippen LogP contribution in [-0.4, -0.2) is 17.7 Å². The maximum Gasteiger partial charge on any atom is 0.387 e. The molecule has 0 amide bonds. The van der Waals surface area contributed by atoms with Crippen molar-refractivity contribution in [3.05, 3.63) is 26.8 Å². The largest absolute Gasteiger partial charge is 0.478 e. The van der Waals surface area contributed by atoms with Crippen molar-refractivity contribution in [2.75, 3.05) is 0 Å². The number of hydrogen-bond acceptors (Lipinski definition) is 3. The van der Waals surface area contributed by atoms with Gasteiger partial charge in [0.15, 0.2) is 5.75 Å². The lowest BCUT2D eigenvalue weighted by Gasteiger charge is -2.10. The molecule has 0 aliphatic carbocycles. The lowest BCUT2D eigenvalue weighted by molar-refractivity contribution is -0.0507. The van der Waals surface area contributed by atoms with Crippen LogP contribution in [0, 0.1) is 14.9 Å². The zero-order valence-corrected chi connectivity index (χ0v) is 9.73. The summed E-state index contributed by atoms with van der Waals surface area (Å²) in [5, 5.41) is 17.4. The smallest absolute Gasteiger partial charge is 0.387 e. The molecule has 0 atom stereocenters. The quantitative estimate of drug-likeness (QED) is 0.859. The number of nitrogens with zero attached hydrogens (tertiary/aromatic N) is 1. The van der Waals surface area contributed by atoms with E-state index in [4.69, 9.17) is 10.4 Å². The molecule has 0 heterocycles. The number of carbonyl (C=O) groups is 1. The first kappa shape index (κ1) is 12.6. The topological polar surface area (TPSA) is 70.3 Å². The van der Waals surface area contributed by atoms with Crippen LogP contribution in [0.4, 0.5) is 8.78 Å². The molecule has 0 spiro atoms. The molecule has 7 heteroatoms. The summed E-state index contributed by atoms with van der Waals surface area (Å²) in [5.74, 6) is -1.67. The summed E-state index contributed by atoms with van der Waals surface area (Å²) in [5.41, 5.74) is -0.315. The number of ether oxygens (including phenoxy) is 1. The summed E-state index contributed by atoms with van der Waals surface area (Å²) in [7, 11) is 0. The van der Waals surface area contributed by atoms with E-state index < -0.39 is 18.3 Å². The predicted molar refractivity (Wildman–Crippen MR) is 57.5 cm³/mol. The van der Waals surface area contributed by atoms with E-state index in [9.17, 15) is 13.6 Å². The summed E-state index contributed by atoms with van der Waals surface area (Å²) < 4.78 is 28.2. The van der Waals surface area contributed by atoms with Gasteiger partial charge in [0.25, 0.3) is 0 Å². The highest BCUT2D eigenvalue weighted by molar-refractivity contribution is 14.1. The van der Waals surface area contributed by atoms with Gasteiger partial charge in [0.2, 0.25) is 0 Å². The summed E-state index contributed by atoms with van der Waals surface area (Å²) in [6.45, 7) is -3.11. The third-order valence-electron chi connectivity index (χ3n) is 1.65. The molecule has 0 saturated heterocycles. The third-order valence-corrected chi connectivity index (χ3v) is 2.73. The number of carboxylic acids is 1. The fraction of sp³-hybridized carbons (Fsp3) is 0.111. The fourth-order valence-electron chi connectivity index (χ4n) is 1.01. The third kappa shape index (κ3) is 2.57. The molecular weight excluding hydrogens is 335 g/mol. The minimum absolute atomic E-state index is 0.0237. The van der Waals surface area contributed by atoms with Crippen LogP contribution < -0.4 is 4.74 Å². The average Bonchev–Trinajstić information content (AvgIpc) is 2.19. The number of hydrogen-bond donors (Lipinski definition) is 1. The molecule has 1 N–H and O–H groups in total. The molecule has 16 heavy (non-hydrogen) atoms. The molecule has 0 unspecified atom stereocenters. The number of halogens is 3. The van der Waals surface area contributed by atoms with Gasteiger partial charge in [0.05, 0.1) is 14.7 Å². The molecule has 0 fully saturated rings. The normalized spacial score (nSPS) is 9.94. The second-order valence-electron chi connectivity index (χ2n) is 2.60. The van der Waals surface area contributed by atoms with Gasteiger partial charge in [-0.05, 0) is 34.7 Å². The van der Waals surface area contributed by atoms with E-state index in [2.05, 4.69) is 4.74 Å². The van der Waals surface area contributed by atoms with E-state index in [-0.39, 0.29) is 14.7 Å². The van der Waals surface area contributed by atoms with Crippen molar-refractivity contribution >= 4 is 28.6 Å². The first-order chi connectivity index (χ1) is 7.47. The van der Waals surface area contributed by atoms with Crippen molar-refractivity contribution in [3.8, 4) is 11.8 Å². The zero-order chi connectivity index (χ0) is 12.3. The van der Waals surface area contributed by atoms with Crippen LogP contribution in [0.2, 0.25) is 0 Å². The molecule has 0 bridgehead atoms. The minimum Gasteiger partial charge on any atom is -0.478 e. The first-order valence-electron chi connectivity index (χ1n) is 3.88. The summed E-state index contributed by atoms with van der Waals surface area (Å²) in [6, 6.07) is 3.95. The Morgan fingerprint density at radius 2 is 2.19 bits per heavy atom. The van der Waals surface area contributed by atoms with Crippen LogP contribution in [0.1, 0.15) is 15.9 Å². The van der Waals surface area contributed by atoms with Crippen molar-refractivity contribution in [2.24, 2.45) is 0 Å². The molecule has 4 nitrogen and oxygen atoms in total. The first-order valence-corrected chi connectivity index (χ1v) is 4.96. The Morgan fingerprint density at radius 3 is 2.62 bits per heavy atom. The van der Waals surface area contributed by atoms with Crippen LogP contribution in [-0.2, 0) is 0 Å². The van der Waals surface area contributed by atoms with Gasteiger partial charge in [-0.3, -0.25) is 0 Å². The SMILES string of the molecule is N#Cc1ccc(C(=O)O)c(I)c1OC(F)F. The van der Waals surface area contributed by atoms with Crippen LogP contribution >= 0.6 is 22.6 Å². The van der Waals surface area contributed by atoms with Crippen molar-refractivity contribution in [2.45, 2.75) is 6.61 Å². The van der Waals surface area contributed by atoms with Gasteiger partial charge in [-0.25, -0.2) is 4.79 Å².